The Bertz CT molecular complexity index is 784. The maximum atomic E-state index is 12.8. The Balaban J connectivity index is 1.61. The van der Waals surface area contributed by atoms with Gasteiger partial charge in [-0.2, -0.15) is 13.2 Å². The van der Waals surface area contributed by atoms with Crippen molar-refractivity contribution in [3.63, 3.8) is 0 Å². The summed E-state index contributed by atoms with van der Waals surface area (Å²) in [6.45, 7) is 7.19. The van der Waals surface area contributed by atoms with Gasteiger partial charge >= 0.3 is 6.18 Å². The Hall–Kier alpha value is -1.71. The molecule has 0 bridgehead atoms. The molecule has 3 heterocycles. The van der Waals surface area contributed by atoms with Crippen LogP contribution in [0.5, 0.6) is 0 Å². The van der Waals surface area contributed by atoms with E-state index in [1.165, 1.54) is 6.07 Å². The lowest BCUT2D eigenvalue weighted by Crippen LogP contribution is -2.44. The van der Waals surface area contributed by atoms with Crippen LogP contribution in [0.2, 0.25) is 0 Å². The number of fused-ring (bicyclic) bond motifs is 1. The number of amides is 1. The maximum Gasteiger partial charge on any atom is 0.433 e. The minimum atomic E-state index is -4.49. The molecule has 1 aliphatic rings. The fraction of sp³-hybridized carbons (Fsp3) is 0.529. The molecule has 0 saturated carbocycles. The van der Waals surface area contributed by atoms with Crippen LogP contribution in [-0.4, -0.2) is 55.1 Å². The number of aryl methyl sites for hydroxylation is 1. The van der Waals surface area contributed by atoms with Gasteiger partial charge in [0.2, 0.25) is 0 Å². The highest BCUT2D eigenvalue weighted by molar-refractivity contribution is 7.20. The summed E-state index contributed by atoms with van der Waals surface area (Å²) < 4.78 is 38.4. The second-order valence-electron chi connectivity index (χ2n) is 6.30. The van der Waals surface area contributed by atoms with Crippen LogP contribution in [0.25, 0.3) is 10.2 Å². The third-order valence-electron chi connectivity index (χ3n) is 4.45. The number of pyridine rings is 1. The Morgan fingerprint density at radius 1 is 1.35 bits per heavy atom. The topological polar surface area (TPSA) is 57.3 Å². The van der Waals surface area contributed by atoms with Crippen LogP contribution >= 0.6 is 11.3 Å². The van der Waals surface area contributed by atoms with Crippen molar-refractivity contribution in [1.29, 1.82) is 0 Å². The van der Waals surface area contributed by atoms with Crippen LogP contribution in [0.4, 0.5) is 13.2 Å². The van der Waals surface area contributed by atoms with Crippen molar-refractivity contribution >= 4 is 27.5 Å². The summed E-state index contributed by atoms with van der Waals surface area (Å²) in [5, 5.41) is 6.75. The number of thiophene rings is 1. The van der Waals surface area contributed by atoms with E-state index in [0.29, 0.717) is 22.4 Å². The summed E-state index contributed by atoms with van der Waals surface area (Å²) in [6.07, 6.45) is -3.65. The van der Waals surface area contributed by atoms with Crippen molar-refractivity contribution in [1.82, 2.24) is 20.5 Å². The molecule has 0 spiro atoms. The molecule has 0 atom stereocenters. The van der Waals surface area contributed by atoms with Gasteiger partial charge in [0.1, 0.15) is 10.5 Å². The van der Waals surface area contributed by atoms with Gasteiger partial charge in [0.25, 0.3) is 5.91 Å². The number of carbonyl (C=O) groups is 1. The Morgan fingerprint density at radius 2 is 2.08 bits per heavy atom. The first-order valence-corrected chi connectivity index (χ1v) is 9.36. The van der Waals surface area contributed by atoms with E-state index in [1.807, 2.05) is 0 Å². The largest absolute Gasteiger partial charge is 0.433 e. The van der Waals surface area contributed by atoms with Crippen LogP contribution in [-0.2, 0) is 6.18 Å². The van der Waals surface area contributed by atoms with Gasteiger partial charge in [-0.1, -0.05) is 0 Å². The summed E-state index contributed by atoms with van der Waals surface area (Å²) in [7, 11) is 0. The highest BCUT2D eigenvalue weighted by Crippen LogP contribution is 2.34. The van der Waals surface area contributed by atoms with E-state index >= 15 is 0 Å². The van der Waals surface area contributed by atoms with Gasteiger partial charge in [-0.25, -0.2) is 4.98 Å². The summed E-state index contributed by atoms with van der Waals surface area (Å²) in [6, 6.07) is 2.34. The standard InChI is InChI=1S/C17H21F3N4OS/c1-11-12-3-4-13(17(18,19)20)23-16(12)26-14(11)15(25)22-5-2-8-24-9-6-21-7-10-24/h3-4,21H,2,5-10H2,1H3,(H,22,25). The van der Waals surface area contributed by atoms with E-state index in [1.54, 1.807) is 6.92 Å². The van der Waals surface area contributed by atoms with Crippen LogP contribution in [0.1, 0.15) is 27.3 Å². The van der Waals surface area contributed by atoms with Gasteiger partial charge < -0.3 is 15.5 Å². The fourth-order valence-corrected chi connectivity index (χ4v) is 4.09. The molecule has 142 valence electrons. The molecule has 3 rings (SSSR count). The SMILES string of the molecule is Cc1c(C(=O)NCCCN2CCNCC2)sc2nc(C(F)(F)F)ccc12. The van der Waals surface area contributed by atoms with Crippen LogP contribution in [0, 0.1) is 6.92 Å². The Kier molecular flexibility index (Phi) is 5.79. The molecule has 1 saturated heterocycles. The number of halogens is 3. The van der Waals surface area contributed by atoms with Crippen LogP contribution in [0.3, 0.4) is 0 Å². The zero-order chi connectivity index (χ0) is 18.7. The van der Waals surface area contributed by atoms with E-state index < -0.39 is 11.9 Å². The molecule has 1 aliphatic heterocycles. The molecule has 1 amide bonds. The van der Waals surface area contributed by atoms with Gasteiger partial charge in [0, 0.05) is 38.1 Å². The molecule has 5 nitrogen and oxygen atoms in total. The van der Waals surface area contributed by atoms with Crippen molar-refractivity contribution in [3.05, 3.63) is 28.3 Å². The Morgan fingerprint density at radius 3 is 2.77 bits per heavy atom. The van der Waals surface area contributed by atoms with E-state index in [-0.39, 0.29) is 10.7 Å². The fourth-order valence-electron chi connectivity index (χ4n) is 2.99. The van der Waals surface area contributed by atoms with E-state index in [4.69, 9.17) is 0 Å². The molecule has 26 heavy (non-hydrogen) atoms. The molecular weight excluding hydrogens is 365 g/mol. The minimum absolute atomic E-state index is 0.239. The molecular formula is C17H21F3N4OS. The predicted octanol–water partition coefficient (Wildman–Crippen LogP) is 2.65. The molecule has 1 fully saturated rings. The third-order valence-corrected chi connectivity index (χ3v) is 5.65. The molecule has 0 radical (unpaired) electrons. The number of nitrogens with zero attached hydrogens (tertiary/aromatic N) is 2. The first-order valence-electron chi connectivity index (χ1n) is 8.55. The van der Waals surface area contributed by atoms with Crippen molar-refractivity contribution in [3.8, 4) is 0 Å². The molecule has 0 aromatic carbocycles. The quantitative estimate of drug-likeness (QED) is 0.776. The van der Waals surface area contributed by atoms with E-state index in [0.717, 1.165) is 56.5 Å². The number of carbonyl (C=O) groups excluding carboxylic acids is 1. The van der Waals surface area contributed by atoms with Gasteiger partial charge in [0.05, 0.1) is 4.88 Å². The van der Waals surface area contributed by atoms with Gasteiger partial charge in [-0.05, 0) is 37.6 Å². The molecule has 9 heteroatoms. The van der Waals surface area contributed by atoms with Crippen molar-refractivity contribution in [2.75, 3.05) is 39.3 Å². The van der Waals surface area contributed by atoms with E-state index in [2.05, 4.69) is 20.5 Å². The van der Waals surface area contributed by atoms with Crippen molar-refractivity contribution in [2.24, 2.45) is 0 Å². The summed E-state index contributed by atoms with van der Waals surface area (Å²) >= 11 is 1.01. The second-order valence-corrected chi connectivity index (χ2v) is 7.30. The number of alkyl halides is 3. The molecule has 0 unspecified atom stereocenters. The van der Waals surface area contributed by atoms with Gasteiger partial charge in [-0.3, -0.25) is 4.79 Å². The highest BCUT2D eigenvalue weighted by Gasteiger charge is 2.33. The summed E-state index contributed by atoms with van der Waals surface area (Å²) in [4.78, 5) is 19.1. The zero-order valence-electron chi connectivity index (χ0n) is 14.4. The van der Waals surface area contributed by atoms with Crippen LogP contribution in [0.15, 0.2) is 12.1 Å². The second kappa shape index (κ2) is 7.89. The molecule has 2 aromatic heterocycles. The first-order chi connectivity index (χ1) is 12.4. The number of hydrogen-bond donors (Lipinski definition) is 2. The van der Waals surface area contributed by atoms with Crippen molar-refractivity contribution < 1.29 is 18.0 Å². The lowest BCUT2D eigenvalue weighted by molar-refractivity contribution is -0.140. The van der Waals surface area contributed by atoms with Gasteiger partial charge in [-0.15, -0.1) is 11.3 Å². The normalized spacial score (nSPS) is 16.2. The smallest absolute Gasteiger partial charge is 0.351 e. The summed E-state index contributed by atoms with van der Waals surface area (Å²) in [5.74, 6) is -0.251. The number of rotatable bonds is 5. The number of nitrogens with one attached hydrogen (secondary N) is 2. The maximum absolute atomic E-state index is 12.8. The van der Waals surface area contributed by atoms with Gasteiger partial charge in [0.15, 0.2) is 0 Å². The average molecular weight is 386 g/mol. The van der Waals surface area contributed by atoms with E-state index in [9.17, 15) is 18.0 Å². The zero-order valence-corrected chi connectivity index (χ0v) is 15.3. The van der Waals surface area contributed by atoms with Crippen LogP contribution < -0.4 is 10.6 Å². The lowest BCUT2D eigenvalue weighted by Gasteiger charge is -2.27. The monoisotopic (exact) mass is 386 g/mol. The highest BCUT2D eigenvalue weighted by atomic mass is 32.1. The molecule has 2 aromatic rings. The van der Waals surface area contributed by atoms with Crippen molar-refractivity contribution in [2.45, 2.75) is 19.5 Å². The lowest BCUT2D eigenvalue weighted by atomic mass is 10.1. The first kappa shape index (κ1) is 19.1. The number of hydrogen-bond acceptors (Lipinski definition) is 5. The summed E-state index contributed by atoms with van der Waals surface area (Å²) in [5.41, 5.74) is -0.264. The minimum Gasteiger partial charge on any atom is -0.351 e. The average Bonchev–Trinajstić information content (AvgIpc) is 2.95. The number of piperazine rings is 1. The molecule has 2 N–H and O–H groups in total. The molecule has 0 aliphatic carbocycles. The predicted molar refractivity (Wildman–Crippen MR) is 95.6 cm³/mol. The Labute approximate surface area is 153 Å². The third kappa shape index (κ3) is 4.33. The number of aromatic nitrogens is 1.